The standard InChI is InChI=1S/C18H22ClNO2/c1-20(13-15-6-4-5-7-16(15)19)11-10-14-8-9-17(21-2)18(12-14)22-3/h4-9,12H,10-11,13H2,1-3H3/p+1. The van der Waals surface area contributed by atoms with Gasteiger partial charge < -0.3 is 14.4 Å². The van der Waals surface area contributed by atoms with Crippen molar-refractivity contribution in [3.05, 3.63) is 58.6 Å². The number of hydrogen-bond acceptors (Lipinski definition) is 2. The van der Waals surface area contributed by atoms with Gasteiger partial charge in [0.25, 0.3) is 0 Å². The highest BCUT2D eigenvalue weighted by molar-refractivity contribution is 6.31. The minimum Gasteiger partial charge on any atom is -0.493 e. The number of ether oxygens (including phenoxy) is 2. The Labute approximate surface area is 137 Å². The van der Waals surface area contributed by atoms with E-state index in [-0.39, 0.29) is 0 Å². The van der Waals surface area contributed by atoms with E-state index in [0.29, 0.717) is 0 Å². The predicted octanol–water partition coefficient (Wildman–Crippen LogP) is 2.61. The van der Waals surface area contributed by atoms with Crippen molar-refractivity contribution in [2.24, 2.45) is 0 Å². The van der Waals surface area contributed by atoms with Crippen LogP contribution in [0.2, 0.25) is 5.02 Å². The monoisotopic (exact) mass is 320 g/mol. The van der Waals surface area contributed by atoms with E-state index in [2.05, 4.69) is 19.2 Å². The Morgan fingerprint density at radius 3 is 2.41 bits per heavy atom. The van der Waals surface area contributed by atoms with Gasteiger partial charge in [-0.2, -0.15) is 0 Å². The van der Waals surface area contributed by atoms with E-state index in [9.17, 15) is 0 Å². The van der Waals surface area contributed by atoms with Gasteiger partial charge in [-0.15, -0.1) is 0 Å². The SMILES string of the molecule is COc1ccc(CC[NH+](C)Cc2ccccc2Cl)cc1OC. The summed E-state index contributed by atoms with van der Waals surface area (Å²) in [6.07, 6.45) is 0.983. The lowest BCUT2D eigenvalue weighted by molar-refractivity contribution is -0.893. The molecule has 1 unspecified atom stereocenters. The second-order valence-electron chi connectivity index (χ2n) is 5.41. The molecule has 0 bridgehead atoms. The molecule has 1 N–H and O–H groups in total. The molecule has 0 heterocycles. The van der Waals surface area contributed by atoms with E-state index in [1.165, 1.54) is 16.0 Å². The number of likely N-dealkylation sites (N-methyl/N-ethyl adjacent to an activating group) is 1. The smallest absolute Gasteiger partial charge is 0.160 e. The van der Waals surface area contributed by atoms with E-state index in [1.807, 2.05) is 30.3 Å². The summed E-state index contributed by atoms with van der Waals surface area (Å²) in [6, 6.07) is 14.1. The van der Waals surface area contributed by atoms with Crippen molar-refractivity contribution in [2.45, 2.75) is 13.0 Å². The van der Waals surface area contributed by atoms with Gasteiger partial charge in [0.15, 0.2) is 11.5 Å². The Morgan fingerprint density at radius 2 is 1.73 bits per heavy atom. The number of rotatable bonds is 7. The summed E-state index contributed by atoms with van der Waals surface area (Å²) in [5.74, 6) is 1.55. The van der Waals surface area contributed by atoms with Gasteiger partial charge in [-0.25, -0.2) is 0 Å². The molecule has 0 fully saturated rings. The van der Waals surface area contributed by atoms with Gasteiger partial charge in [-0.1, -0.05) is 35.9 Å². The van der Waals surface area contributed by atoms with E-state index in [1.54, 1.807) is 14.2 Å². The highest BCUT2D eigenvalue weighted by Crippen LogP contribution is 2.27. The molecule has 1 atom stereocenters. The Bertz CT molecular complexity index is 616. The van der Waals surface area contributed by atoms with Crippen molar-refractivity contribution in [1.82, 2.24) is 0 Å². The van der Waals surface area contributed by atoms with Crippen LogP contribution in [0.1, 0.15) is 11.1 Å². The molecule has 2 rings (SSSR count). The largest absolute Gasteiger partial charge is 0.493 e. The van der Waals surface area contributed by atoms with E-state index >= 15 is 0 Å². The van der Waals surface area contributed by atoms with E-state index in [4.69, 9.17) is 21.1 Å². The zero-order valence-electron chi connectivity index (χ0n) is 13.4. The predicted molar refractivity (Wildman–Crippen MR) is 90.2 cm³/mol. The lowest BCUT2D eigenvalue weighted by atomic mass is 10.1. The van der Waals surface area contributed by atoms with Gasteiger partial charge >= 0.3 is 0 Å². The first kappa shape index (κ1) is 16.7. The normalized spacial score (nSPS) is 12.0. The molecule has 4 heteroatoms. The molecule has 118 valence electrons. The van der Waals surface area contributed by atoms with Gasteiger partial charge in [0.05, 0.1) is 27.8 Å². The molecule has 0 spiro atoms. The number of quaternary nitrogens is 1. The van der Waals surface area contributed by atoms with Crippen LogP contribution in [0.25, 0.3) is 0 Å². The fraction of sp³-hybridized carbons (Fsp3) is 0.333. The fourth-order valence-electron chi connectivity index (χ4n) is 2.45. The summed E-state index contributed by atoms with van der Waals surface area (Å²) >= 11 is 6.21. The molecule has 2 aromatic rings. The maximum atomic E-state index is 6.21. The third-order valence-electron chi connectivity index (χ3n) is 3.74. The van der Waals surface area contributed by atoms with E-state index in [0.717, 1.165) is 36.0 Å². The highest BCUT2D eigenvalue weighted by atomic mass is 35.5. The molecule has 0 aliphatic carbocycles. The molecule has 0 radical (unpaired) electrons. The maximum absolute atomic E-state index is 6.21. The van der Waals surface area contributed by atoms with Crippen LogP contribution in [-0.4, -0.2) is 27.8 Å². The lowest BCUT2D eigenvalue weighted by Gasteiger charge is -2.15. The van der Waals surface area contributed by atoms with Crippen LogP contribution in [0.5, 0.6) is 11.5 Å². The van der Waals surface area contributed by atoms with Gasteiger partial charge in [0, 0.05) is 17.0 Å². The average Bonchev–Trinajstić information content (AvgIpc) is 2.54. The number of nitrogens with one attached hydrogen (secondary N) is 1. The summed E-state index contributed by atoms with van der Waals surface area (Å²) in [5, 5.41) is 0.841. The molecule has 0 aliphatic heterocycles. The van der Waals surface area contributed by atoms with Gasteiger partial charge in [-0.3, -0.25) is 0 Å². The highest BCUT2D eigenvalue weighted by Gasteiger charge is 2.09. The first-order valence-electron chi connectivity index (χ1n) is 7.39. The maximum Gasteiger partial charge on any atom is 0.160 e. The third kappa shape index (κ3) is 4.39. The molecule has 0 aromatic heterocycles. The van der Waals surface area contributed by atoms with Crippen molar-refractivity contribution in [1.29, 1.82) is 0 Å². The quantitative estimate of drug-likeness (QED) is 0.847. The Hall–Kier alpha value is -1.71. The van der Waals surface area contributed by atoms with Gasteiger partial charge in [0.2, 0.25) is 0 Å². The zero-order chi connectivity index (χ0) is 15.9. The molecule has 22 heavy (non-hydrogen) atoms. The topological polar surface area (TPSA) is 22.9 Å². The van der Waals surface area contributed by atoms with Crippen LogP contribution in [-0.2, 0) is 13.0 Å². The number of benzene rings is 2. The van der Waals surface area contributed by atoms with Gasteiger partial charge in [-0.05, 0) is 23.8 Å². The van der Waals surface area contributed by atoms with Crippen LogP contribution in [0, 0.1) is 0 Å². The van der Waals surface area contributed by atoms with Crippen molar-refractivity contribution < 1.29 is 14.4 Å². The Morgan fingerprint density at radius 1 is 1.00 bits per heavy atom. The summed E-state index contributed by atoms with van der Waals surface area (Å²) in [4.78, 5) is 1.42. The van der Waals surface area contributed by atoms with E-state index < -0.39 is 0 Å². The summed E-state index contributed by atoms with van der Waals surface area (Å²) in [7, 11) is 5.50. The third-order valence-corrected chi connectivity index (χ3v) is 4.11. The molecule has 0 aliphatic rings. The Kier molecular flexibility index (Phi) is 6.10. The first-order chi connectivity index (χ1) is 10.6. The van der Waals surface area contributed by atoms with Crippen LogP contribution in [0.15, 0.2) is 42.5 Å². The fourth-order valence-corrected chi connectivity index (χ4v) is 2.65. The van der Waals surface area contributed by atoms with Crippen molar-refractivity contribution in [2.75, 3.05) is 27.8 Å². The Balaban J connectivity index is 1.93. The molecule has 0 saturated carbocycles. The van der Waals surface area contributed by atoms with Crippen LogP contribution in [0.4, 0.5) is 0 Å². The van der Waals surface area contributed by atoms with Crippen molar-refractivity contribution >= 4 is 11.6 Å². The number of methoxy groups -OCH3 is 2. The minimum atomic E-state index is 0.767. The molecular formula is C18H23ClNO2+. The molecule has 0 saturated heterocycles. The first-order valence-corrected chi connectivity index (χ1v) is 7.77. The minimum absolute atomic E-state index is 0.767. The second-order valence-corrected chi connectivity index (χ2v) is 5.82. The molecule has 3 nitrogen and oxygen atoms in total. The van der Waals surface area contributed by atoms with Gasteiger partial charge in [0.1, 0.15) is 6.54 Å². The van der Waals surface area contributed by atoms with Crippen LogP contribution in [0.3, 0.4) is 0 Å². The average molecular weight is 321 g/mol. The molecule has 2 aromatic carbocycles. The summed E-state index contributed by atoms with van der Waals surface area (Å²) < 4.78 is 10.6. The number of halogens is 1. The molecular weight excluding hydrogens is 298 g/mol. The number of hydrogen-bond donors (Lipinski definition) is 1. The molecule has 0 amide bonds. The lowest BCUT2D eigenvalue weighted by Crippen LogP contribution is -3.07. The van der Waals surface area contributed by atoms with Crippen molar-refractivity contribution in [3.8, 4) is 11.5 Å². The summed E-state index contributed by atoms with van der Waals surface area (Å²) in [5.41, 5.74) is 2.44. The van der Waals surface area contributed by atoms with Crippen LogP contribution < -0.4 is 14.4 Å². The zero-order valence-corrected chi connectivity index (χ0v) is 14.1. The van der Waals surface area contributed by atoms with Crippen LogP contribution >= 0.6 is 11.6 Å². The summed E-state index contributed by atoms with van der Waals surface area (Å²) in [6.45, 7) is 1.95. The van der Waals surface area contributed by atoms with Crippen molar-refractivity contribution in [3.63, 3.8) is 0 Å². The second kappa shape index (κ2) is 8.06.